The first kappa shape index (κ1) is 26.7. The van der Waals surface area contributed by atoms with Gasteiger partial charge >= 0.3 is 5.97 Å². The molecule has 0 bridgehead atoms. The van der Waals surface area contributed by atoms with E-state index < -0.39 is 5.97 Å². The molecule has 0 unspecified atom stereocenters. The summed E-state index contributed by atoms with van der Waals surface area (Å²) in [6, 6.07) is 0. The van der Waals surface area contributed by atoms with Crippen LogP contribution in [0.1, 0.15) is 110 Å². The molecule has 0 aliphatic rings. The molecule has 0 amide bonds. The average molecular weight is 376 g/mol. The molecule has 0 radical (unpaired) electrons. The Kier molecular flexibility index (Phi) is 27.4. The van der Waals surface area contributed by atoms with Crippen LogP contribution in [0.2, 0.25) is 0 Å². The average Bonchev–Trinajstić information content (AvgIpc) is 2.59. The Bertz CT molecular complexity index is 276. The molecule has 0 aliphatic heterocycles. The summed E-state index contributed by atoms with van der Waals surface area (Å²) in [7, 11) is 0. The van der Waals surface area contributed by atoms with E-state index in [-0.39, 0.29) is 6.61 Å². The van der Waals surface area contributed by atoms with Crippen LogP contribution in [0.15, 0.2) is 4.36 Å². The molecule has 0 heterocycles. The summed E-state index contributed by atoms with van der Waals surface area (Å²) in [6.07, 6.45) is 20.2. The Hall–Kier alpha value is -0.550. The molecule has 25 heavy (non-hydrogen) atoms. The molecule has 0 rings (SSSR count). The lowest BCUT2D eigenvalue weighted by molar-refractivity contribution is -0.137. The minimum Gasteiger partial charge on any atom is -0.481 e. The molecular weight excluding hydrogens is 334 g/mol. The zero-order chi connectivity index (χ0) is 19.0. The van der Waals surface area contributed by atoms with Gasteiger partial charge in [-0.15, -0.1) is 0 Å². The fourth-order valence-corrected chi connectivity index (χ4v) is 2.77. The smallest absolute Gasteiger partial charge is 0.303 e. The topological polar surface area (TPSA) is 69.9 Å². The Morgan fingerprint density at radius 3 is 1.36 bits per heavy atom. The standard InChI is InChI=1S/C18H36O2.C2H5NOS/c1-2-3-4-5-6-7-8-9-10-11-12-13-14-15-16-17-18(19)20;4-2-1-3-5/h2-17H2,1H3,(H,19,20);4H,1-2H2. The highest BCUT2D eigenvalue weighted by Gasteiger charge is 1.97. The largest absolute Gasteiger partial charge is 0.481 e. The number of rotatable bonds is 18. The number of aliphatic carboxylic acids is 1. The van der Waals surface area contributed by atoms with Crippen molar-refractivity contribution in [1.29, 1.82) is 0 Å². The van der Waals surface area contributed by atoms with Crippen LogP contribution in [0.4, 0.5) is 0 Å². The molecule has 4 nitrogen and oxygen atoms in total. The van der Waals surface area contributed by atoms with Crippen molar-refractivity contribution < 1.29 is 15.0 Å². The molecule has 5 heteroatoms. The maximum absolute atomic E-state index is 10.3. The van der Waals surface area contributed by atoms with Gasteiger partial charge in [-0.2, -0.15) is 0 Å². The molecule has 0 atom stereocenters. The Morgan fingerprint density at radius 1 is 0.760 bits per heavy atom. The summed E-state index contributed by atoms with van der Waals surface area (Å²) in [5.41, 5.74) is 0. The van der Waals surface area contributed by atoms with Gasteiger partial charge in [0.2, 0.25) is 0 Å². The fourth-order valence-electron chi connectivity index (χ4n) is 2.69. The van der Waals surface area contributed by atoms with Crippen LogP contribution in [-0.4, -0.2) is 29.3 Å². The van der Waals surface area contributed by atoms with Gasteiger partial charge in [0.25, 0.3) is 0 Å². The van der Waals surface area contributed by atoms with Crippen LogP contribution in [-0.2, 0) is 17.2 Å². The molecule has 2 N–H and O–H groups in total. The first-order valence-corrected chi connectivity index (χ1v) is 10.7. The number of carbonyl (C=O) groups is 1. The van der Waals surface area contributed by atoms with E-state index >= 15 is 0 Å². The summed E-state index contributed by atoms with van der Waals surface area (Å²) >= 11 is 4.12. The zero-order valence-electron chi connectivity index (χ0n) is 16.4. The van der Waals surface area contributed by atoms with Crippen LogP contribution >= 0.6 is 0 Å². The van der Waals surface area contributed by atoms with Gasteiger partial charge < -0.3 is 10.2 Å². The molecule has 150 valence electrons. The lowest BCUT2D eigenvalue weighted by Crippen LogP contribution is -1.93. The number of nitrogens with zero attached hydrogens (tertiary/aromatic N) is 1. The Balaban J connectivity index is 0. The summed E-state index contributed by atoms with van der Waals surface area (Å²) in [6.45, 7) is 2.73. The second-order valence-corrected chi connectivity index (χ2v) is 6.93. The highest BCUT2D eigenvalue weighted by Crippen LogP contribution is 2.13. The quantitative estimate of drug-likeness (QED) is 0.286. The van der Waals surface area contributed by atoms with E-state index in [0.29, 0.717) is 13.0 Å². The van der Waals surface area contributed by atoms with Crippen molar-refractivity contribution in [3.63, 3.8) is 0 Å². The van der Waals surface area contributed by atoms with Gasteiger partial charge in [0.05, 0.1) is 13.2 Å². The lowest BCUT2D eigenvalue weighted by Gasteiger charge is -2.03. The van der Waals surface area contributed by atoms with Crippen molar-refractivity contribution in [3.05, 3.63) is 0 Å². The molecule has 0 saturated carbocycles. The van der Waals surface area contributed by atoms with Crippen LogP contribution in [0.5, 0.6) is 0 Å². The van der Waals surface area contributed by atoms with Crippen LogP contribution in [0.3, 0.4) is 0 Å². The number of carboxylic acids is 1. The summed E-state index contributed by atoms with van der Waals surface area (Å²) in [5, 5.41) is 16.4. The highest BCUT2D eigenvalue weighted by molar-refractivity contribution is 7.47. The third-order valence-corrected chi connectivity index (χ3v) is 4.37. The molecule has 0 aromatic rings. The van der Waals surface area contributed by atoms with Gasteiger partial charge in [-0.25, -0.2) is 4.36 Å². The van der Waals surface area contributed by atoms with Crippen molar-refractivity contribution in [2.75, 3.05) is 13.2 Å². The molecule has 0 aromatic heterocycles. The van der Waals surface area contributed by atoms with Gasteiger partial charge in [0.1, 0.15) is 0 Å². The predicted octanol–water partition coefficient (Wildman–Crippen LogP) is 6.04. The van der Waals surface area contributed by atoms with E-state index in [9.17, 15) is 4.79 Å². The van der Waals surface area contributed by atoms with Crippen molar-refractivity contribution >= 4 is 18.4 Å². The first-order valence-electron chi connectivity index (χ1n) is 10.3. The second kappa shape index (κ2) is 25.7. The number of hydrogen-bond acceptors (Lipinski definition) is 4. The monoisotopic (exact) mass is 375 g/mol. The minimum atomic E-state index is -0.653. The third kappa shape index (κ3) is 31.7. The molecule has 0 fully saturated rings. The van der Waals surface area contributed by atoms with E-state index in [4.69, 9.17) is 10.2 Å². The fraction of sp³-hybridized carbons (Fsp3) is 0.950. The summed E-state index contributed by atoms with van der Waals surface area (Å²) in [4.78, 5) is 10.3. The normalized spacial score (nSPS) is 10.2. The zero-order valence-corrected chi connectivity index (χ0v) is 17.2. The maximum atomic E-state index is 10.3. The van der Waals surface area contributed by atoms with Crippen LogP contribution in [0.25, 0.3) is 0 Å². The number of hydrogen-bond donors (Lipinski definition) is 2. The highest BCUT2D eigenvalue weighted by atomic mass is 32.1. The molecular formula is C20H41NO3S. The van der Waals surface area contributed by atoms with Crippen molar-refractivity contribution in [2.45, 2.75) is 110 Å². The molecule has 0 aliphatic carbocycles. The van der Waals surface area contributed by atoms with Gasteiger partial charge in [0, 0.05) is 18.8 Å². The van der Waals surface area contributed by atoms with Gasteiger partial charge in [-0.1, -0.05) is 96.8 Å². The Labute approximate surface area is 161 Å². The number of aliphatic hydroxyl groups is 1. The molecule has 0 aromatic carbocycles. The number of unbranched alkanes of at least 4 members (excludes halogenated alkanes) is 14. The van der Waals surface area contributed by atoms with Crippen molar-refractivity contribution in [3.8, 4) is 0 Å². The van der Waals surface area contributed by atoms with E-state index in [1.54, 1.807) is 0 Å². The summed E-state index contributed by atoms with van der Waals surface area (Å²) in [5.74, 6) is -0.653. The van der Waals surface area contributed by atoms with Crippen molar-refractivity contribution in [2.24, 2.45) is 4.36 Å². The van der Waals surface area contributed by atoms with E-state index in [1.165, 1.54) is 83.5 Å². The third-order valence-electron chi connectivity index (χ3n) is 4.19. The second-order valence-electron chi connectivity index (χ2n) is 6.67. The minimum absolute atomic E-state index is 0.0729. The van der Waals surface area contributed by atoms with Crippen molar-refractivity contribution in [1.82, 2.24) is 0 Å². The van der Waals surface area contributed by atoms with E-state index in [2.05, 4.69) is 23.7 Å². The van der Waals surface area contributed by atoms with Gasteiger partial charge in [-0.05, 0) is 6.42 Å². The van der Waals surface area contributed by atoms with Gasteiger partial charge in [0.15, 0.2) is 0 Å². The van der Waals surface area contributed by atoms with Crippen LogP contribution in [0, 0.1) is 0 Å². The number of aliphatic hydroxyl groups excluding tert-OH is 1. The lowest BCUT2D eigenvalue weighted by atomic mass is 10.0. The SMILES string of the molecule is CCCCCCCCCCCCCCCCCC(=O)O.OCCN=S. The molecule has 0 spiro atoms. The van der Waals surface area contributed by atoms with Crippen LogP contribution < -0.4 is 0 Å². The van der Waals surface area contributed by atoms with Gasteiger partial charge in [-0.3, -0.25) is 4.79 Å². The predicted molar refractivity (Wildman–Crippen MR) is 109 cm³/mol. The first-order chi connectivity index (χ1) is 12.2. The van der Waals surface area contributed by atoms with E-state index in [1.807, 2.05) is 0 Å². The molecule has 0 saturated heterocycles. The number of carboxylic acid groups (broad SMARTS) is 1. The summed E-state index contributed by atoms with van der Waals surface area (Å²) < 4.78 is 3.19. The van der Waals surface area contributed by atoms with E-state index in [0.717, 1.165) is 12.8 Å². The Morgan fingerprint density at radius 2 is 1.12 bits per heavy atom. The maximum Gasteiger partial charge on any atom is 0.303 e.